The fraction of sp³-hybridized carbons (Fsp3) is 0.350. The second kappa shape index (κ2) is 7.68. The monoisotopic (exact) mass is 470 g/mol. The minimum Gasteiger partial charge on any atom is -0.374 e. The van der Waals surface area contributed by atoms with Gasteiger partial charge in [-0.1, -0.05) is 29.4 Å². The zero-order valence-corrected chi connectivity index (χ0v) is 16.2. The number of nitrogens with two attached hydrogens (primary N) is 1. The standard InChI is InChI=1S/C20H15F9N2O/c1-10(30)11-2-4-12(5-3-11)16-9-17(32-31-16,20(27,28)29)13-6-14(18(21,22)23)8-15(7-13)19(24,25)26/h2-8,10H,9,30H2,1H3. The van der Waals surface area contributed by atoms with E-state index in [1.54, 1.807) is 6.92 Å². The number of halogens is 9. The Bertz CT molecular complexity index is 989. The van der Waals surface area contributed by atoms with E-state index < -0.39 is 47.2 Å². The van der Waals surface area contributed by atoms with Gasteiger partial charge in [-0.3, -0.25) is 0 Å². The van der Waals surface area contributed by atoms with Crippen LogP contribution in [0.15, 0.2) is 47.6 Å². The minimum atomic E-state index is -5.38. The van der Waals surface area contributed by atoms with Gasteiger partial charge < -0.3 is 10.6 Å². The molecule has 0 radical (unpaired) electrons. The van der Waals surface area contributed by atoms with Gasteiger partial charge in [-0.05, 0) is 36.2 Å². The van der Waals surface area contributed by atoms with E-state index in [-0.39, 0.29) is 35.5 Å². The first-order valence-corrected chi connectivity index (χ1v) is 9.02. The van der Waals surface area contributed by atoms with Gasteiger partial charge in [0.2, 0.25) is 0 Å². The highest BCUT2D eigenvalue weighted by Gasteiger charge is 2.63. The molecule has 0 spiro atoms. The molecule has 2 aromatic carbocycles. The topological polar surface area (TPSA) is 47.6 Å². The van der Waals surface area contributed by atoms with Crippen molar-refractivity contribution in [2.45, 2.75) is 43.5 Å². The molecule has 2 aromatic rings. The number of nitrogens with zero attached hydrogens (tertiary/aromatic N) is 1. The van der Waals surface area contributed by atoms with Crippen molar-refractivity contribution in [3.63, 3.8) is 0 Å². The van der Waals surface area contributed by atoms with Crippen LogP contribution in [-0.4, -0.2) is 11.9 Å². The molecule has 2 unspecified atom stereocenters. The van der Waals surface area contributed by atoms with Crippen molar-refractivity contribution >= 4 is 5.71 Å². The fourth-order valence-corrected chi connectivity index (χ4v) is 3.23. The summed E-state index contributed by atoms with van der Waals surface area (Å²) in [4.78, 5) is 4.57. The Kier molecular flexibility index (Phi) is 5.73. The summed E-state index contributed by atoms with van der Waals surface area (Å²) in [5.74, 6) is 0. The van der Waals surface area contributed by atoms with Crippen molar-refractivity contribution < 1.29 is 44.4 Å². The quantitative estimate of drug-likeness (QED) is 0.534. The molecule has 3 rings (SSSR count). The summed E-state index contributed by atoms with van der Waals surface area (Å²) in [6.45, 7) is 1.67. The largest absolute Gasteiger partial charge is 0.435 e. The summed E-state index contributed by atoms with van der Waals surface area (Å²) < 4.78 is 121. The maximum atomic E-state index is 14.0. The van der Waals surface area contributed by atoms with Gasteiger partial charge in [-0.2, -0.15) is 39.5 Å². The van der Waals surface area contributed by atoms with Crippen LogP contribution in [0, 0.1) is 0 Å². The average Bonchev–Trinajstić information content (AvgIpc) is 3.13. The summed E-state index contributed by atoms with van der Waals surface area (Å²) in [5, 5.41) is 3.36. The van der Waals surface area contributed by atoms with Gasteiger partial charge >= 0.3 is 18.5 Å². The first-order valence-electron chi connectivity index (χ1n) is 9.02. The Morgan fingerprint density at radius 2 is 1.38 bits per heavy atom. The molecule has 1 heterocycles. The Morgan fingerprint density at radius 3 is 1.78 bits per heavy atom. The Morgan fingerprint density at radius 1 is 0.875 bits per heavy atom. The highest BCUT2D eigenvalue weighted by atomic mass is 19.4. The van der Waals surface area contributed by atoms with E-state index in [1.165, 1.54) is 24.3 Å². The molecular formula is C20H15F9N2O. The normalized spacial score (nSPS) is 20.7. The Hall–Kier alpha value is -2.76. The number of benzene rings is 2. The molecule has 0 saturated heterocycles. The van der Waals surface area contributed by atoms with Crippen molar-refractivity contribution in [2.75, 3.05) is 0 Å². The van der Waals surface area contributed by atoms with Crippen LogP contribution in [0.1, 0.15) is 47.2 Å². The highest BCUT2D eigenvalue weighted by Crippen LogP contribution is 2.50. The van der Waals surface area contributed by atoms with E-state index in [1.807, 2.05) is 0 Å². The van der Waals surface area contributed by atoms with Gasteiger partial charge in [0.15, 0.2) is 0 Å². The lowest BCUT2D eigenvalue weighted by atomic mass is 9.84. The molecule has 0 amide bonds. The maximum absolute atomic E-state index is 14.0. The van der Waals surface area contributed by atoms with Crippen LogP contribution < -0.4 is 5.73 Å². The lowest BCUT2D eigenvalue weighted by Crippen LogP contribution is -2.43. The van der Waals surface area contributed by atoms with Crippen molar-refractivity contribution in [3.05, 3.63) is 70.3 Å². The van der Waals surface area contributed by atoms with Crippen LogP contribution in [0.3, 0.4) is 0 Å². The summed E-state index contributed by atoms with van der Waals surface area (Å²) in [5.41, 5.74) is -2.41. The average molecular weight is 470 g/mol. The summed E-state index contributed by atoms with van der Waals surface area (Å²) in [6.07, 6.45) is -17.1. The van der Waals surface area contributed by atoms with Gasteiger partial charge in [0.05, 0.1) is 16.8 Å². The number of alkyl halides is 9. The van der Waals surface area contributed by atoms with E-state index in [4.69, 9.17) is 5.73 Å². The first kappa shape index (κ1) is 23.9. The molecule has 0 fully saturated rings. The molecule has 0 bridgehead atoms. The van der Waals surface area contributed by atoms with E-state index in [9.17, 15) is 39.5 Å². The molecule has 32 heavy (non-hydrogen) atoms. The molecule has 0 aliphatic carbocycles. The van der Waals surface area contributed by atoms with Crippen molar-refractivity contribution in [3.8, 4) is 0 Å². The second-order valence-corrected chi connectivity index (χ2v) is 7.34. The second-order valence-electron chi connectivity index (χ2n) is 7.34. The van der Waals surface area contributed by atoms with Crippen LogP contribution in [0.5, 0.6) is 0 Å². The maximum Gasteiger partial charge on any atom is 0.435 e. The van der Waals surface area contributed by atoms with E-state index in [0.29, 0.717) is 5.56 Å². The van der Waals surface area contributed by atoms with Gasteiger partial charge in [-0.15, -0.1) is 0 Å². The zero-order chi connectivity index (χ0) is 24.1. The molecule has 0 saturated carbocycles. The van der Waals surface area contributed by atoms with Gasteiger partial charge in [0, 0.05) is 18.0 Å². The molecule has 2 atom stereocenters. The van der Waals surface area contributed by atoms with Crippen molar-refractivity contribution in [1.29, 1.82) is 0 Å². The van der Waals surface area contributed by atoms with Gasteiger partial charge in [-0.25, -0.2) is 0 Å². The highest BCUT2D eigenvalue weighted by molar-refractivity contribution is 6.01. The molecule has 174 valence electrons. The SMILES string of the molecule is CC(N)c1ccc(C2=NOC(c3cc(C(F)(F)F)cc(C(F)(F)F)c3)(C(F)(F)F)C2)cc1. The third kappa shape index (κ3) is 4.41. The molecule has 0 aromatic heterocycles. The van der Waals surface area contributed by atoms with Crippen LogP contribution in [-0.2, 0) is 22.8 Å². The predicted molar refractivity (Wildman–Crippen MR) is 95.5 cm³/mol. The Labute approximate surface area is 175 Å². The predicted octanol–water partition coefficient (Wildman–Crippen LogP) is 6.33. The first-order chi connectivity index (χ1) is 14.5. The number of hydrogen-bond acceptors (Lipinski definition) is 3. The third-order valence-corrected chi connectivity index (χ3v) is 5.01. The van der Waals surface area contributed by atoms with Crippen molar-refractivity contribution in [1.82, 2.24) is 0 Å². The van der Waals surface area contributed by atoms with Gasteiger partial charge in [0.1, 0.15) is 0 Å². The summed E-state index contributed by atoms with van der Waals surface area (Å²) in [7, 11) is 0. The molecule has 1 aliphatic rings. The summed E-state index contributed by atoms with van der Waals surface area (Å²) in [6, 6.07) is 5.19. The van der Waals surface area contributed by atoms with Crippen LogP contribution >= 0.6 is 0 Å². The lowest BCUT2D eigenvalue weighted by Gasteiger charge is -2.30. The van der Waals surface area contributed by atoms with E-state index in [0.717, 1.165) is 0 Å². The minimum absolute atomic E-state index is 0.000387. The van der Waals surface area contributed by atoms with Gasteiger partial charge in [0.25, 0.3) is 5.60 Å². The van der Waals surface area contributed by atoms with E-state index in [2.05, 4.69) is 9.99 Å². The van der Waals surface area contributed by atoms with Crippen LogP contribution in [0.2, 0.25) is 0 Å². The third-order valence-electron chi connectivity index (χ3n) is 5.01. The Balaban J connectivity index is 2.11. The molecule has 3 nitrogen and oxygen atoms in total. The molecule has 1 aliphatic heterocycles. The fourth-order valence-electron chi connectivity index (χ4n) is 3.23. The summed E-state index contributed by atoms with van der Waals surface area (Å²) >= 11 is 0. The lowest BCUT2D eigenvalue weighted by molar-refractivity contribution is -0.276. The zero-order valence-electron chi connectivity index (χ0n) is 16.2. The smallest absolute Gasteiger partial charge is 0.374 e. The van der Waals surface area contributed by atoms with E-state index >= 15 is 0 Å². The molecule has 2 N–H and O–H groups in total. The number of oxime groups is 1. The molecule has 12 heteroatoms. The number of rotatable bonds is 3. The molecular weight excluding hydrogens is 455 g/mol. The van der Waals surface area contributed by atoms with Crippen molar-refractivity contribution in [2.24, 2.45) is 10.9 Å². The van der Waals surface area contributed by atoms with Crippen LogP contribution in [0.25, 0.3) is 0 Å². The number of hydrogen-bond donors (Lipinski definition) is 1. The van der Waals surface area contributed by atoms with Crippen LogP contribution in [0.4, 0.5) is 39.5 Å².